The molecule has 43 heavy (non-hydrogen) atoms. The number of nitrogens with one attached hydrogen (secondary N) is 1. The van der Waals surface area contributed by atoms with Gasteiger partial charge in [0.1, 0.15) is 11.9 Å². The number of benzene rings is 3. The van der Waals surface area contributed by atoms with E-state index in [2.05, 4.69) is 4.72 Å². The Labute approximate surface area is 254 Å². The standard InChI is InChI=1S/C30H33ClF3N3O5S/c1-19-15-37(20(2)18-38)29(39)26-14-24(35-43(40,41)25-11-8-23(31)9-12-25)10-13-27(26)42-28(19)17-36(3)16-21-4-6-22(7-5-21)30(32,33)34/h4-14,19-20,28,35,38H,15-18H2,1-3H3/t19-,20+,28-/m1/s1. The predicted molar refractivity (Wildman–Crippen MR) is 158 cm³/mol. The van der Waals surface area contributed by atoms with Crippen LogP contribution in [0.5, 0.6) is 5.75 Å². The van der Waals surface area contributed by atoms with Crippen molar-refractivity contribution < 1.29 is 36.2 Å². The number of ether oxygens (including phenoxy) is 1. The zero-order valence-electron chi connectivity index (χ0n) is 23.8. The molecule has 0 bridgehead atoms. The summed E-state index contributed by atoms with van der Waals surface area (Å²) in [6.45, 7) is 4.34. The maximum Gasteiger partial charge on any atom is 0.416 e. The van der Waals surface area contributed by atoms with Gasteiger partial charge in [0.15, 0.2) is 0 Å². The van der Waals surface area contributed by atoms with E-state index in [1.165, 1.54) is 59.5 Å². The van der Waals surface area contributed by atoms with Crippen molar-refractivity contribution in [2.24, 2.45) is 5.92 Å². The monoisotopic (exact) mass is 639 g/mol. The zero-order chi connectivity index (χ0) is 31.5. The van der Waals surface area contributed by atoms with Gasteiger partial charge in [0, 0.05) is 36.3 Å². The summed E-state index contributed by atoms with van der Waals surface area (Å²) in [6.07, 6.45) is -4.86. The molecule has 1 heterocycles. The van der Waals surface area contributed by atoms with E-state index in [0.717, 1.165) is 12.1 Å². The first-order valence-corrected chi connectivity index (χ1v) is 15.4. The van der Waals surface area contributed by atoms with Crippen LogP contribution in [0.15, 0.2) is 71.6 Å². The molecule has 1 aliphatic rings. The molecule has 3 aromatic carbocycles. The summed E-state index contributed by atoms with van der Waals surface area (Å²) < 4.78 is 73.6. The number of hydrogen-bond acceptors (Lipinski definition) is 6. The van der Waals surface area contributed by atoms with E-state index in [0.29, 0.717) is 23.7 Å². The zero-order valence-corrected chi connectivity index (χ0v) is 25.4. The van der Waals surface area contributed by atoms with Gasteiger partial charge in [0.25, 0.3) is 15.9 Å². The number of carbonyl (C=O) groups excluding carboxylic acids is 1. The quantitative estimate of drug-likeness (QED) is 0.320. The van der Waals surface area contributed by atoms with Gasteiger partial charge in [-0.05, 0) is 74.1 Å². The summed E-state index contributed by atoms with van der Waals surface area (Å²) in [5.74, 6) is -0.370. The summed E-state index contributed by atoms with van der Waals surface area (Å²) in [7, 11) is -2.16. The maximum absolute atomic E-state index is 13.7. The molecule has 8 nitrogen and oxygen atoms in total. The number of anilines is 1. The van der Waals surface area contributed by atoms with Crippen molar-refractivity contribution in [2.75, 3.05) is 31.5 Å². The van der Waals surface area contributed by atoms with Gasteiger partial charge in [-0.3, -0.25) is 14.4 Å². The molecule has 0 saturated heterocycles. The highest BCUT2D eigenvalue weighted by Gasteiger charge is 2.34. The molecule has 1 amide bonds. The van der Waals surface area contributed by atoms with Crippen molar-refractivity contribution in [1.29, 1.82) is 0 Å². The lowest BCUT2D eigenvalue weighted by molar-refractivity contribution is -0.137. The lowest BCUT2D eigenvalue weighted by Crippen LogP contribution is -2.49. The molecule has 1 aliphatic heterocycles. The maximum atomic E-state index is 13.7. The largest absolute Gasteiger partial charge is 0.488 e. The molecule has 0 aromatic heterocycles. The molecule has 0 radical (unpaired) electrons. The van der Waals surface area contributed by atoms with Crippen molar-refractivity contribution in [3.05, 3.63) is 88.4 Å². The molecule has 3 aromatic rings. The Bertz CT molecular complexity index is 1540. The number of alkyl halides is 3. The average Bonchev–Trinajstić information content (AvgIpc) is 2.94. The molecular weight excluding hydrogens is 607 g/mol. The van der Waals surface area contributed by atoms with Crippen molar-refractivity contribution in [1.82, 2.24) is 9.80 Å². The highest BCUT2D eigenvalue weighted by molar-refractivity contribution is 7.92. The average molecular weight is 640 g/mol. The van der Waals surface area contributed by atoms with E-state index >= 15 is 0 Å². The number of aliphatic hydroxyl groups is 1. The number of nitrogens with zero attached hydrogens (tertiary/aromatic N) is 2. The summed E-state index contributed by atoms with van der Waals surface area (Å²) in [6, 6.07) is 14.5. The SMILES string of the molecule is C[C@@H]1CN([C@@H](C)CO)C(=O)c2cc(NS(=O)(=O)c3ccc(Cl)cc3)ccc2O[C@@H]1CN(C)Cc1ccc(C(F)(F)F)cc1. The minimum Gasteiger partial charge on any atom is -0.488 e. The second-order valence-corrected chi connectivity index (χ2v) is 12.9. The van der Waals surface area contributed by atoms with Crippen LogP contribution in [0.25, 0.3) is 0 Å². The minimum atomic E-state index is -4.41. The van der Waals surface area contributed by atoms with Crippen LogP contribution in [0.3, 0.4) is 0 Å². The normalized spacial score (nSPS) is 18.4. The first-order valence-electron chi connectivity index (χ1n) is 13.5. The summed E-state index contributed by atoms with van der Waals surface area (Å²) in [5, 5.41) is 10.3. The number of halogens is 4. The Balaban J connectivity index is 1.59. The van der Waals surface area contributed by atoms with Crippen molar-refractivity contribution in [3.63, 3.8) is 0 Å². The molecule has 2 N–H and O–H groups in total. The topological polar surface area (TPSA) is 99.2 Å². The number of rotatable bonds is 9. The lowest BCUT2D eigenvalue weighted by atomic mass is 9.99. The number of amides is 1. The van der Waals surface area contributed by atoms with Gasteiger partial charge in [-0.2, -0.15) is 13.2 Å². The second kappa shape index (κ2) is 13.1. The second-order valence-electron chi connectivity index (χ2n) is 10.8. The van der Waals surface area contributed by atoms with Crippen LogP contribution in [0, 0.1) is 5.92 Å². The van der Waals surface area contributed by atoms with E-state index in [4.69, 9.17) is 16.3 Å². The number of sulfonamides is 1. The van der Waals surface area contributed by atoms with Crippen LogP contribution in [-0.4, -0.2) is 68.1 Å². The summed E-state index contributed by atoms with van der Waals surface area (Å²) >= 11 is 5.88. The number of hydrogen-bond donors (Lipinski definition) is 2. The van der Waals surface area contributed by atoms with Crippen LogP contribution in [0.1, 0.15) is 35.3 Å². The Kier molecular flexibility index (Phi) is 9.95. The van der Waals surface area contributed by atoms with Gasteiger partial charge in [-0.25, -0.2) is 8.42 Å². The summed E-state index contributed by atoms with van der Waals surface area (Å²) in [5.41, 5.74) is 0.244. The predicted octanol–water partition coefficient (Wildman–Crippen LogP) is 5.51. The fourth-order valence-electron chi connectivity index (χ4n) is 4.81. The smallest absolute Gasteiger partial charge is 0.416 e. The molecule has 0 saturated carbocycles. The minimum absolute atomic E-state index is 0.00767. The van der Waals surface area contributed by atoms with Gasteiger partial charge in [0.05, 0.1) is 28.7 Å². The highest BCUT2D eigenvalue weighted by Crippen LogP contribution is 2.32. The molecular formula is C30H33ClF3N3O5S. The molecule has 0 fully saturated rings. The third-order valence-electron chi connectivity index (χ3n) is 7.27. The van der Waals surface area contributed by atoms with Crippen LogP contribution in [0.2, 0.25) is 5.02 Å². The van der Waals surface area contributed by atoms with Crippen molar-refractivity contribution >= 4 is 33.2 Å². The van der Waals surface area contributed by atoms with E-state index < -0.39 is 39.8 Å². The van der Waals surface area contributed by atoms with Crippen LogP contribution in [-0.2, 0) is 22.7 Å². The first-order chi connectivity index (χ1) is 20.2. The molecule has 13 heteroatoms. The van der Waals surface area contributed by atoms with Gasteiger partial charge in [-0.15, -0.1) is 0 Å². The first kappa shape index (κ1) is 32.6. The van der Waals surface area contributed by atoms with Crippen molar-refractivity contribution in [2.45, 2.75) is 43.6 Å². The number of fused-ring (bicyclic) bond motifs is 1. The number of carbonyl (C=O) groups is 1. The Morgan fingerprint density at radius 2 is 1.77 bits per heavy atom. The fourth-order valence-corrected chi connectivity index (χ4v) is 5.99. The summed E-state index contributed by atoms with van der Waals surface area (Å²) in [4.78, 5) is 17.1. The number of likely N-dealkylation sites (N-methyl/N-ethyl adjacent to an activating group) is 1. The van der Waals surface area contributed by atoms with Crippen LogP contribution in [0.4, 0.5) is 18.9 Å². The van der Waals surface area contributed by atoms with E-state index in [1.807, 2.05) is 18.9 Å². The molecule has 0 spiro atoms. The highest BCUT2D eigenvalue weighted by atomic mass is 35.5. The molecule has 3 atom stereocenters. The van der Waals surface area contributed by atoms with E-state index in [-0.39, 0.29) is 41.0 Å². The van der Waals surface area contributed by atoms with Crippen LogP contribution >= 0.6 is 11.6 Å². The molecule has 0 unspecified atom stereocenters. The van der Waals surface area contributed by atoms with Crippen LogP contribution < -0.4 is 9.46 Å². The Morgan fingerprint density at radius 3 is 2.37 bits per heavy atom. The van der Waals surface area contributed by atoms with Crippen molar-refractivity contribution in [3.8, 4) is 5.75 Å². The van der Waals surface area contributed by atoms with E-state index in [9.17, 15) is 31.5 Å². The van der Waals surface area contributed by atoms with Gasteiger partial charge < -0.3 is 14.7 Å². The fraction of sp³-hybridized carbons (Fsp3) is 0.367. The number of aliphatic hydroxyl groups excluding tert-OH is 1. The van der Waals surface area contributed by atoms with Gasteiger partial charge >= 0.3 is 6.18 Å². The van der Waals surface area contributed by atoms with E-state index in [1.54, 1.807) is 6.92 Å². The Hall–Kier alpha value is -3.32. The van der Waals surface area contributed by atoms with Gasteiger partial charge in [-0.1, -0.05) is 30.7 Å². The third-order valence-corrected chi connectivity index (χ3v) is 8.92. The molecule has 0 aliphatic carbocycles. The van der Waals surface area contributed by atoms with Gasteiger partial charge in [0.2, 0.25) is 0 Å². The molecule has 232 valence electrons. The Morgan fingerprint density at radius 1 is 1.12 bits per heavy atom. The molecule has 4 rings (SSSR count). The lowest BCUT2D eigenvalue weighted by Gasteiger charge is -2.38. The third kappa shape index (κ3) is 7.99.